The Bertz CT molecular complexity index is 738. The Kier molecular flexibility index (Phi) is 3.39. The molecule has 1 N–H and O–H groups in total. The first-order chi connectivity index (χ1) is 10.1. The molecule has 0 spiro atoms. The van der Waals surface area contributed by atoms with Gasteiger partial charge in [-0.25, -0.2) is 4.79 Å². The van der Waals surface area contributed by atoms with E-state index < -0.39 is 18.0 Å². The van der Waals surface area contributed by atoms with Crippen molar-refractivity contribution in [2.24, 2.45) is 0 Å². The largest absolute Gasteiger partial charge is 0.392 e. The lowest BCUT2D eigenvalue weighted by atomic mass is 10.1. The van der Waals surface area contributed by atoms with Crippen LogP contribution in [0.25, 0.3) is 10.8 Å². The van der Waals surface area contributed by atoms with Crippen LogP contribution in [0.3, 0.4) is 0 Å². The maximum atomic E-state index is 12.2. The molecule has 0 saturated carbocycles. The minimum Gasteiger partial charge on any atom is -0.392 e. The number of carbonyl (C=O) groups is 3. The lowest BCUT2D eigenvalue weighted by molar-refractivity contribution is -0.165. The van der Waals surface area contributed by atoms with Crippen LogP contribution in [0.2, 0.25) is 0 Å². The fraction of sp³-hybridized carbons (Fsp3) is 0.188. The van der Waals surface area contributed by atoms with Crippen LogP contribution in [-0.2, 0) is 14.3 Å². The summed E-state index contributed by atoms with van der Waals surface area (Å²) in [7, 11) is 0. The fourth-order valence-corrected chi connectivity index (χ4v) is 2.32. The average molecular weight is 283 g/mol. The number of nitrogens with one attached hydrogen (secondary N) is 1. The molecule has 0 radical (unpaired) electrons. The quantitative estimate of drug-likeness (QED) is 0.674. The zero-order valence-electron chi connectivity index (χ0n) is 11.2. The van der Waals surface area contributed by atoms with Gasteiger partial charge in [0, 0.05) is 12.0 Å². The van der Waals surface area contributed by atoms with Gasteiger partial charge in [-0.3, -0.25) is 9.59 Å². The van der Waals surface area contributed by atoms with Gasteiger partial charge < -0.3 is 10.1 Å². The lowest BCUT2D eigenvalue weighted by Crippen LogP contribution is -2.45. The number of esters is 2. The molecule has 0 aromatic heterocycles. The van der Waals surface area contributed by atoms with Crippen molar-refractivity contribution in [1.82, 2.24) is 5.32 Å². The van der Waals surface area contributed by atoms with Gasteiger partial charge in [0.15, 0.2) is 0 Å². The van der Waals surface area contributed by atoms with Crippen LogP contribution >= 0.6 is 0 Å². The molecule has 1 aliphatic heterocycles. The van der Waals surface area contributed by atoms with Crippen molar-refractivity contribution >= 4 is 28.6 Å². The lowest BCUT2D eigenvalue weighted by Gasteiger charge is -2.20. The van der Waals surface area contributed by atoms with Gasteiger partial charge in [0.2, 0.25) is 0 Å². The summed E-state index contributed by atoms with van der Waals surface area (Å²) in [6, 6.07) is 12.3. The first-order valence-electron chi connectivity index (χ1n) is 6.68. The Morgan fingerprint density at radius 2 is 1.86 bits per heavy atom. The number of cyclic esters (lactones) is 2. The van der Waals surface area contributed by atoms with Gasteiger partial charge >= 0.3 is 11.9 Å². The average Bonchev–Trinajstić information content (AvgIpc) is 2.49. The van der Waals surface area contributed by atoms with E-state index in [1.165, 1.54) is 0 Å². The topological polar surface area (TPSA) is 72.5 Å². The van der Waals surface area contributed by atoms with E-state index in [1.54, 1.807) is 12.1 Å². The first kappa shape index (κ1) is 13.3. The normalized spacial score (nSPS) is 18.4. The van der Waals surface area contributed by atoms with E-state index in [9.17, 15) is 14.4 Å². The van der Waals surface area contributed by atoms with E-state index in [2.05, 4.69) is 10.1 Å². The third-order valence-electron chi connectivity index (χ3n) is 3.45. The molecule has 0 unspecified atom stereocenters. The summed E-state index contributed by atoms with van der Waals surface area (Å²) in [5, 5.41) is 4.59. The van der Waals surface area contributed by atoms with Gasteiger partial charge in [-0.2, -0.15) is 0 Å². The Balaban J connectivity index is 1.77. The first-order valence-corrected chi connectivity index (χ1v) is 6.68. The molecule has 1 heterocycles. The molecule has 0 bridgehead atoms. The van der Waals surface area contributed by atoms with Crippen LogP contribution in [0.5, 0.6) is 0 Å². The number of carbonyl (C=O) groups excluding carboxylic acids is 3. The summed E-state index contributed by atoms with van der Waals surface area (Å²) in [6.45, 7) is 0. The van der Waals surface area contributed by atoms with Crippen molar-refractivity contribution < 1.29 is 19.1 Å². The van der Waals surface area contributed by atoms with Crippen molar-refractivity contribution in [1.29, 1.82) is 0 Å². The van der Waals surface area contributed by atoms with E-state index >= 15 is 0 Å². The van der Waals surface area contributed by atoms with Crippen LogP contribution in [0.4, 0.5) is 0 Å². The summed E-state index contributed by atoms with van der Waals surface area (Å²) < 4.78 is 4.51. The second-order valence-corrected chi connectivity index (χ2v) is 4.92. The predicted molar refractivity (Wildman–Crippen MR) is 75.5 cm³/mol. The van der Waals surface area contributed by atoms with Crippen molar-refractivity contribution in [3.8, 4) is 0 Å². The SMILES string of the molecule is O=C1CC[C@H](NC(=O)c2ccc3ccccc3c2)C(=O)O1. The molecule has 1 aliphatic rings. The molecular formula is C16H13NO4. The van der Waals surface area contributed by atoms with Crippen LogP contribution in [0.1, 0.15) is 23.2 Å². The monoisotopic (exact) mass is 283 g/mol. The number of hydrogen-bond acceptors (Lipinski definition) is 4. The molecule has 3 rings (SSSR count). The van der Waals surface area contributed by atoms with Gasteiger partial charge in [0.05, 0.1) is 0 Å². The van der Waals surface area contributed by atoms with Crippen LogP contribution in [-0.4, -0.2) is 23.9 Å². The second kappa shape index (κ2) is 5.36. The van der Waals surface area contributed by atoms with Crippen LogP contribution < -0.4 is 5.32 Å². The number of ether oxygens (including phenoxy) is 1. The highest BCUT2D eigenvalue weighted by Gasteiger charge is 2.30. The molecule has 21 heavy (non-hydrogen) atoms. The highest BCUT2D eigenvalue weighted by atomic mass is 16.6. The summed E-state index contributed by atoms with van der Waals surface area (Å²) >= 11 is 0. The zero-order chi connectivity index (χ0) is 14.8. The van der Waals surface area contributed by atoms with Gasteiger partial charge in [-0.05, 0) is 29.3 Å². The maximum absolute atomic E-state index is 12.2. The Labute approximate surface area is 120 Å². The Morgan fingerprint density at radius 3 is 2.62 bits per heavy atom. The van der Waals surface area contributed by atoms with E-state index in [1.807, 2.05) is 30.3 Å². The highest BCUT2D eigenvalue weighted by Crippen LogP contribution is 2.16. The standard InChI is InChI=1S/C16H13NO4/c18-14-8-7-13(16(20)21-14)17-15(19)12-6-5-10-3-1-2-4-11(10)9-12/h1-6,9,13H,7-8H2,(H,17,19)/t13-/m0/s1. The molecule has 106 valence electrons. The van der Waals surface area contributed by atoms with Gasteiger partial charge in [0.25, 0.3) is 5.91 Å². The number of benzene rings is 2. The summed E-state index contributed by atoms with van der Waals surface area (Å²) in [5.41, 5.74) is 0.471. The van der Waals surface area contributed by atoms with Crippen molar-refractivity contribution in [2.75, 3.05) is 0 Å². The summed E-state index contributed by atoms with van der Waals surface area (Å²) in [4.78, 5) is 34.7. The highest BCUT2D eigenvalue weighted by molar-refractivity contribution is 6.01. The molecule has 2 aromatic rings. The summed E-state index contributed by atoms with van der Waals surface area (Å²) in [5.74, 6) is -1.59. The van der Waals surface area contributed by atoms with Crippen molar-refractivity contribution in [3.63, 3.8) is 0 Å². The molecule has 2 aromatic carbocycles. The number of rotatable bonds is 2. The second-order valence-electron chi connectivity index (χ2n) is 4.92. The van der Waals surface area contributed by atoms with Crippen LogP contribution in [0, 0.1) is 0 Å². The summed E-state index contributed by atoms with van der Waals surface area (Å²) in [6.07, 6.45) is 0.408. The molecule has 0 aliphatic carbocycles. The van der Waals surface area contributed by atoms with E-state index in [0.29, 0.717) is 5.56 Å². The number of fused-ring (bicyclic) bond motifs is 1. The van der Waals surface area contributed by atoms with Gasteiger partial charge in [-0.15, -0.1) is 0 Å². The third kappa shape index (κ3) is 2.76. The minimum absolute atomic E-state index is 0.133. The molecule has 1 saturated heterocycles. The van der Waals surface area contributed by atoms with Crippen LogP contribution in [0.15, 0.2) is 42.5 Å². The van der Waals surface area contributed by atoms with Gasteiger partial charge in [0.1, 0.15) is 6.04 Å². The van der Waals surface area contributed by atoms with Crippen molar-refractivity contribution in [2.45, 2.75) is 18.9 Å². The Hall–Kier alpha value is -2.69. The Morgan fingerprint density at radius 1 is 1.10 bits per heavy atom. The zero-order valence-corrected chi connectivity index (χ0v) is 11.2. The third-order valence-corrected chi connectivity index (χ3v) is 3.45. The molecule has 5 nitrogen and oxygen atoms in total. The molecular weight excluding hydrogens is 270 g/mol. The number of amides is 1. The molecule has 5 heteroatoms. The predicted octanol–water partition coefficient (Wildman–Crippen LogP) is 1.80. The van der Waals surface area contributed by atoms with E-state index in [4.69, 9.17) is 0 Å². The number of hydrogen-bond donors (Lipinski definition) is 1. The molecule has 1 amide bonds. The van der Waals surface area contributed by atoms with Crippen molar-refractivity contribution in [3.05, 3.63) is 48.0 Å². The fourth-order valence-electron chi connectivity index (χ4n) is 2.32. The maximum Gasteiger partial charge on any atom is 0.336 e. The molecule has 1 fully saturated rings. The molecule has 1 atom stereocenters. The van der Waals surface area contributed by atoms with Gasteiger partial charge in [-0.1, -0.05) is 30.3 Å². The minimum atomic E-state index is -0.762. The van der Waals surface area contributed by atoms with E-state index in [0.717, 1.165) is 10.8 Å². The smallest absolute Gasteiger partial charge is 0.336 e. The van der Waals surface area contributed by atoms with E-state index in [-0.39, 0.29) is 18.7 Å².